The van der Waals surface area contributed by atoms with Crippen LogP contribution in [0.15, 0.2) is 4.52 Å². The average Bonchev–Trinajstić information content (AvgIpc) is 2.99. The van der Waals surface area contributed by atoms with E-state index in [0.29, 0.717) is 13.0 Å². The maximum absolute atomic E-state index is 12.2. The summed E-state index contributed by atoms with van der Waals surface area (Å²) >= 11 is 0. The summed E-state index contributed by atoms with van der Waals surface area (Å²) in [5, 5.41) is 3.87. The van der Waals surface area contributed by atoms with E-state index < -0.39 is 0 Å². The number of rotatable bonds is 2. The van der Waals surface area contributed by atoms with Gasteiger partial charge in [0.05, 0.1) is 30.9 Å². The average molecular weight is 236 g/mol. The fourth-order valence-electron chi connectivity index (χ4n) is 2.71. The Balaban J connectivity index is 1.72. The summed E-state index contributed by atoms with van der Waals surface area (Å²) in [5.74, 6) is 0.909. The number of hydrogen-bond donors (Lipinski definition) is 0. The predicted octanol–water partition coefficient (Wildman–Crippen LogP) is 0.834. The highest BCUT2D eigenvalue weighted by Gasteiger charge is 2.41. The Labute approximate surface area is 99.7 Å². The Morgan fingerprint density at radius 1 is 1.53 bits per heavy atom. The Kier molecular flexibility index (Phi) is 2.43. The molecule has 1 amide bonds. The molecule has 0 saturated carbocycles. The summed E-state index contributed by atoms with van der Waals surface area (Å²) in [5.41, 5.74) is 1.75. The molecule has 5 heteroatoms. The lowest BCUT2D eigenvalue weighted by Gasteiger charge is -2.26. The van der Waals surface area contributed by atoms with Gasteiger partial charge in [-0.25, -0.2) is 0 Å². The molecule has 0 aliphatic carbocycles. The fraction of sp³-hybridized carbons (Fsp3) is 0.667. The van der Waals surface area contributed by atoms with Crippen LogP contribution in [0, 0.1) is 13.8 Å². The number of fused-ring (bicyclic) bond motifs is 2. The largest absolute Gasteiger partial charge is 0.374 e. The second-order valence-corrected chi connectivity index (χ2v) is 4.87. The first-order valence-electron chi connectivity index (χ1n) is 5.98. The molecule has 5 nitrogen and oxygen atoms in total. The van der Waals surface area contributed by atoms with Crippen LogP contribution in [0.5, 0.6) is 0 Å². The molecule has 2 fully saturated rings. The molecule has 2 aliphatic rings. The van der Waals surface area contributed by atoms with Gasteiger partial charge in [0.1, 0.15) is 5.76 Å². The lowest BCUT2D eigenvalue weighted by molar-refractivity contribution is -0.134. The van der Waals surface area contributed by atoms with E-state index in [1.807, 2.05) is 18.7 Å². The topological polar surface area (TPSA) is 55.6 Å². The van der Waals surface area contributed by atoms with Gasteiger partial charge in [0.2, 0.25) is 5.91 Å². The minimum Gasteiger partial charge on any atom is -0.374 e. The van der Waals surface area contributed by atoms with Crippen LogP contribution in [0.25, 0.3) is 0 Å². The lowest BCUT2D eigenvalue weighted by atomic mass is 10.1. The van der Waals surface area contributed by atoms with Crippen molar-refractivity contribution in [3.05, 3.63) is 17.0 Å². The van der Waals surface area contributed by atoms with E-state index in [-0.39, 0.29) is 18.1 Å². The van der Waals surface area contributed by atoms with E-state index in [0.717, 1.165) is 30.0 Å². The smallest absolute Gasteiger partial charge is 0.227 e. The number of nitrogens with zero attached hydrogens (tertiary/aromatic N) is 2. The van der Waals surface area contributed by atoms with Gasteiger partial charge < -0.3 is 14.2 Å². The second-order valence-electron chi connectivity index (χ2n) is 4.87. The van der Waals surface area contributed by atoms with Crippen LogP contribution in [-0.2, 0) is 16.0 Å². The number of carbonyl (C=O) groups excluding carboxylic acids is 1. The van der Waals surface area contributed by atoms with E-state index in [4.69, 9.17) is 9.26 Å². The van der Waals surface area contributed by atoms with Gasteiger partial charge in [-0.3, -0.25) is 4.79 Å². The van der Waals surface area contributed by atoms with Crippen molar-refractivity contribution in [2.24, 2.45) is 0 Å². The molecule has 0 N–H and O–H groups in total. The van der Waals surface area contributed by atoms with Gasteiger partial charge in [0.15, 0.2) is 0 Å². The zero-order valence-corrected chi connectivity index (χ0v) is 10.1. The summed E-state index contributed by atoms with van der Waals surface area (Å²) in [6, 6.07) is 0.285. The summed E-state index contributed by atoms with van der Waals surface area (Å²) in [6.07, 6.45) is 1.64. The molecule has 1 aromatic heterocycles. The highest BCUT2D eigenvalue weighted by molar-refractivity contribution is 5.80. The van der Waals surface area contributed by atoms with Gasteiger partial charge in [-0.05, 0) is 20.3 Å². The van der Waals surface area contributed by atoms with Gasteiger partial charge in [-0.1, -0.05) is 5.16 Å². The standard InChI is InChI=1S/C12H16N2O3/c1-7-11(8(2)17-13-7)4-12(15)14-5-10-3-9(14)6-16-10/h9-10H,3-6H2,1-2H3/t9-,10+/m0/s1. The first-order valence-corrected chi connectivity index (χ1v) is 5.98. The number of aromatic nitrogens is 1. The molecule has 2 saturated heterocycles. The number of likely N-dealkylation sites (tertiary alicyclic amines) is 1. The van der Waals surface area contributed by atoms with Crippen LogP contribution in [0.4, 0.5) is 0 Å². The third kappa shape index (κ3) is 1.74. The van der Waals surface area contributed by atoms with Crippen LogP contribution in [-0.4, -0.2) is 41.3 Å². The maximum atomic E-state index is 12.2. The summed E-state index contributed by atoms with van der Waals surface area (Å²) in [4.78, 5) is 14.2. The number of amides is 1. The van der Waals surface area contributed by atoms with Gasteiger partial charge in [-0.15, -0.1) is 0 Å². The van der Waals surface area contributed by atoms with Crippen molar-refractivity contribution in [3.8, 4) is 0 Å². The van der Waals surface area contributed by atoms with Crippen LogP contribution in [0.2, 0.25) is 0 Å². The quantitative estimate of drug-likeness (QED) is 0.763. The molecule has 2 aliphatic heterocycles. The third-order valence-electron chi connectivity index (χ3n) is 3.73. The van der Waals surface area contributed by atoms with Crippen molar-refractivity contribution in [2.75, 3.05) is 13.2 Å². The van der Waals surface area contributed by atoms with E-state index in [9.17, 15) is 4.79 Å². The summed E-state index contributed by atoms with van der Waals surface area (Å²) < 4.78 is 10.6. The molecule has 17 heavy (non-hydrogen) atoms. The van der Waals surface area contributed by atoms with Gasteiger partial charge in [0, 0.05) is 12.1 Å². The highest BCUT2D eigenvalue weighted by Crippen LogP contribution is 2.28. The molecule has 3 heterocycles. The minimum atomic E-state index is 0.162. The second kappa shape index (κ2) is 3.84. The van der Waals surface area contributed by atoms with Gasteiger partial charge >= 0.3 is 0 Å². The van der Waals surface area contributed by atoms with Crippen LogP contribution in [0.3, 0.4) is 0 Å². The van der Waals surface area contributed by atoms with Crippen molar-refractivity contribution < 1.29 is 14.1 Å². The SMILES string of the molecule is Cc1noc(C)c1CC(=O)N1C[C@H]2C[C@H]1CO2. The number of hydrogen-bond acceptors (Lipinski definition) is 4. The van der Waals surface area contributed by atoms with Crippen molar-refractivity contribution in [1.82, 2.24) is 10.1 Å². The molecule has 0 unspecified atom stereocenters. The van der Waals surface area contributed by atoms with Gasteiger partial charge in [-0.2, -0.15) is 0 Å². The number of ether oxygens (including phenoxy) is 1. The molecule has 2 atom stereocenters. The molecular weight excluding hydrogens is 220 g/mol. The van der Waals surface area contributed by atoms with Gasteiger partial charge in [0.25, 0.3) is 0 Å². The first kappa shape index (κ1) is 10.8. The monoisotopic (exact) mass is 236 g/mol. The minimum absolute atomic E-state index is 0.162. The van der Waals surface area contributed by atoms with Crippen LogP contribution in [0.1, 0.15) is 23.4 Å². The molecule has 92 valence electrons. The molecule has 0 aromatic carbocycles. The zero-order chi connectivity index (χ0) is 12.0. The van der Waals surface area contributed by atoms with E-state index in [1.54, 1.807) is 0 Å². The van der Waals surface area contributed by atoms with E-state index in [2.05, 4.69) is 5.16 Å². The summed E-state index contributed by atoms with van der Waals surface area (Å²) in [7, 11) is 0. The Morgan fingerprint density at radius 2 is 2.35 bits per heavy atom. The summed E-state index contributed by atoms with van der Waals surface area (Å²) in [6.45, 7) is 5.16. The van der Waals surface area contributed by atoms with Crippen LogP contribution < -0.4 is 0 Å². The molecule has 0 spiro atoms. The first-order chi connectivity index (χ1) is 8.15. The maximum Gasteiger partial charge on any atom is 0.227 e. The Morgan fingerprint density at radius 3 is 2.88 bits per heavy atom. The van der Waals surface area contributed by atoms with E-state index in [1.165, 1.54) is 0 Å². The molecule has 2 bridgehead atoms. The molecule has 3 rings (SSSR count). The predicted molar refractivity (Wildman–Crippen MR) is 59.5 cm³/mol. The van der Waals surface area contributed by atoms with E-state index >= 15 is 0 Å². The Bertz CT molecular complexity index is 435. The van der Waals surface area contributed by atoms with Crippen molar-refractivity contribution in [1.29, 1.82) is 0 Å². The van der Waals surface area contributed by atoms with Crippen molar-refractivity contribution in [3.63, 3.8) is 0 Å². The zero-order valence-electron chi connectivity index (χ0n) is 10.1. The number of carbonyl (C=O) groups is 1. The molecular formula is C12H16N2O3. The van der Waals surface area contributed by atoms with Crippen molar-refractivity contribution in [2.45, 2.75) is 38.8 Å². The molecule has 1 aromatic rings. The normalized spacial score (nSPS) is 26.8. The highest BCUT2D eigenvalue weighted by atomic mass is 16.5. The lowest BCUT2D eigenvalue weighted by Crippen LogP contribution is -2.42. The van der Waals surface area contributed by atoms with Crippen LogP contribution >= 0.6 is 0 Å². The molecule has 0 radical (unpaired) electrons. The van der Waals surface area contributed by atoms with Crippen molar-refractivity contribution >= 4 is 5.91 Å². The number of morpholine rings is 1. The third-order valence-corrected chi connectivity index (χ3v) is 3.73. The fourth-order valence-corrected chi connectivity index (χ4v) is 2.71. The Hall–Kier alpha value is -1.36. The number of aryl methyl sites for hydroxylation is 2.